The molecule has 1 aromatic heterocycles. The second-order valence-corrected chi connectivity index (χ2v) is 5.70. The monoisotopic (exact) mass is 316 g/mol. The number of aromatic nitrogens is 2. The molecular weight excluding hydrogens is 295 g/mol. The molecule has 0 aliphatic rings. The Labute approximate surface area is 135 Å². The van der Waals surface area contributed by atoms with E-state index < -0.39 is 0 Å². The van der Waals surface area contributed by atoms with Crippen molar-refractivity contribution in [2.24, 2.45) is 5.92 Å². The zero-order valence-electron chi connectivity index (χ0n) is 13.3. The molecule has 2 N–H and O–H groups in total. The maximum atomic E-state index is 12.8. The van der Waals surface area contributed by atoms with Crippen molar-refractivity contribution in [2.45, 2.75) is 20.3 Å². The van der Waals surface area contributed by atoms with Crippen LogP contribution >= 0.6 is 0 Å². The van der Waals surface area contributed by atoms with Gasteiger partial charge in [0.25, 0.3) is 5.91 Å². The topological polar surface area (TPSA) is 66.9 Å². The number of anilines is 1. The summed E-state index contributed by atoms with van der Waals surface area (Å²) in [5, 5.41) is 5.96. The van der Waals surface area contributed by atoms with Crippen LogP contribution in [-0.2, 0) is 6.42 Å². The van der Waals surface area contributed by atoms with Crippen molar-refractivity contribution in [2.75, 3.05) is 18.4 Å². The van der Waals surface area contributed by atoms with Crippen LogP contribution in [0.3, 0.4) is 0 Å². The molecule has 5 nitrogen and oxygen atoms in total. The van der Waals surface area contributed by atoms with E-state index >= 15 is 0 Å². The van der Waals surface area contributed by atoms with Crippen LogP contribution in [0.4, 0.5) is 10.2 Å². The predicted molar refractivity (Wildman–Crippen MR) is 87.8 cm³/mol. The number of hydrogen-bond acceptors (Lipinski definition) is 4. The largest absolute Gasteiger partial charge is 0.370 e. The molecular formula is C17H21FN4O. The fraction of sp³-hybridized carbons (Fsp3) is 0.353. The zero-order valence-corrected chi connectivity index (χ0v) is 13.3. The molecule has 0 aliphatic heterocycles. The molecule has 23 heavy (non-hydrogen) atoms. The van der Waals surface area contributed by atoms with E-state index in [1.165, 1.54) is 18.5 Å². The lowest BCUT2D eigenvalue weighted by Crippen LogP contribution is -2.26. The molecule has 1 amide bonds. The minimum Gasteiger partial charge on any atom is -0.370 e. The number of carbonyl (C=O) groups excluding carboxylic acids is 1. The van der Waals surface area contributed by atoms with Crippen LogP contribution in [0.1, 0.15) is 29.9 Å². The number of benzene rings is 1. The van der Waals surface area contributed by atoms with Gasteiger partial charge in [-0.2, -0.15) is 0 Å². The molecule has 0 saturated carbocycles. The van der Waals surface area contributed by atoms with Gasteiger partial charge in [-0.1, -0.05) is 26.0 Å². The summed E-state index contributed by atoms with van der Waals surface area (Å²) in [5.74, 6) is 0.609. The fourth-order valence-corrected chi connectivity index (χ4v) is 1.95. The SMILES string of the molecule is CC(C)CNc1cc(C(=O)NCCc2ccc(F)cc2)ncn1. The Hall–Kier alpha value is -2.50. The first kappa shape index (κ1) is 16.9. The van der Waals surface area contributed by atoms with E-state index in [2.05, 4.69) is 34.4 Å². The molecule has 0 atom stereocenters. The molecule has 6 heteroatoms. The van der Waals surface area contributed by atoms with Crippen LogP contribution < -0.4 is 10.6 Å². The molecule has 0 aliphatic carbocycles. The van der Waals surface area contributed by atoms with Crippen LogP contribution in [0.2, 0.25) is 0 Å². The van der Waals surface area contributed by atoms with Gasteiger partial charge in [-0.25, -0.2) is 14.4 Å². The van der Waals surface area contributed by atoms with Crippen molar-refractivity contribution < 1.29 is 9.18 Å². The van der Waals surface area contributed by atoms with Gasteiger partial charge in [0.05, 0.1) is 0 Å². The van der Waals surface area contributed by atoms with E-state index in [-0.39, 0.29) is 11.7 Å². The Morgan fingerprint density at radius 2 is 1.96 bits per heavy atom. The van der Waals surface area contributed by atoms with Crippen molar-refractivity contribution in [3.63, 3.8) is 0 Å². The molecule has 0 saturated heterocycles. The third kappa shape index (κ3) is 5.65. The molecule has 0 bridgehead atoms. The van der Waals surface area contributed by atoms with E-state index in [4.69, 9.17) is 0 Å². The molecule has 122 valence electrons. The maximum Gasteiger partial charge on any atom is 0.270 e. The second kappa shape index (κ2) is 8.22. The van der Waals surface area contributed by atoms with Crippen LogP contribution in [0.5, 0.6) is 0 Å². The van der Waals surface area contributed by atoms with E-state index in [0.717, 1.165) is 12.1 Å². The van der Waals surface area contributed by atoms with Gasteiger partial charge >= 0.3 is 0 Å². The van der Waals surface area contributed by atoms with Crippen molar-refractivity contribution in [3.05, 3.63) is 53.7 Å². The van der Waals surface area contributed by atoms with Crippen molar-refractivity contribution in [3.8, 4) is 0 Å². The Kier molecular flexibility index (Phi) is 6.02. The number of amides is 1. The third-order valence-corrected chi connectivity index (χ3v) is 3.20. The zero-order chi connectivity index (χ0) is 16.7. The highest BCUT2D eigenvalue weighted by Crippen LogP contribution is 2.06. The molecule has 2 rings (SSSR count). The normalized spacial score (nSPS) is 10.6. The summed E-state index contributed by atoms with van der Waals surface area (Å²) in [5.41, 5.74) is 1.29. The van der Waals surface area contributed by atoms with E-state index in [1.807, 2.05) is 0 Å². The van der Waals surface area contributed by atoms with E-state index in [1.54, 1.807) is 18.2 Å². The van der Waals surface area contributed by atoms with Gasteiger partial charge in [0.15, 0.2) is 0 Å². The average Bonchev–Trinajstić information content (AvgIpc) is 2.55. The smallest absolute Gasteiger partial charge is 0.270 e. The van der Waals surface area contributed by atoms with Crippen molar-refractivity contribution in [1.82, 2.24) is 15.3 Å². The number of rotatable bonds is 7. The lowest BCUT2D eigenvalue weighted by atomic mass is 10.1. The Bertz CT molecular complexity index is 643. The van der Waals surface area contributed by atoms with Crippen LogP contribution in [0, 0.1) is 11.7 Å². The minimum absolute atomic E-state index is 0.248. The van der Waals surface area contributed by atoms with Gasteiger partial charge < -0.3 is 10.6 Å². The lowest BCUT2D eigenvalue weighted by molar-refractivity contribution is 0.0949. The molecule has 0 fully saturated rings. The number of halogens is 1. The van der Waals surface area contributed by atoms with Crippen LogP contribution in [-0.4, -0.2) is 29.0 Å². The fourth-order valence-electron chi connectivity index (χ4n) is 1.95. The molecule has 2 aromatic rings. The molecule has 0 spiro atoms. The minimum atomic E-state index is -0.264. The number of nitrogens with zero attached hydrogens (tertiary/aromatic N) is 2. The quantitative estimate of drug-likeness (QED) is 0.824. The molecule has 1 heterocycles. The van der Waals surface area contributed by atoms with Gasteiger partial charge in [-0.3, -0.25) is 4.79 Å². The summed E-state index contributed by atoms with van der Waals surface area (Å²) >= 11 is 0. The number of carbonyl (C=O) groups is 1. The van der Waals surface area contributed by atoms with Gasteiger partial charge in [-0.05, 0) is 30.0 Å². The number of nitrogens with one attached hydrogen (secondary N) is 2. The van der Waals surface area contributed by atoms with Gasteiger partial charge in [-0.15, -0.1) is 0 Å². The van der Waals surface area contributed by atoms with Crippen molar-refractivity contribution >= 4 is 11.7 Å². The Morgan fingerprint density at radius 3 is 2.65 bits per heavy atom. The highest BCUT2D eigenvalue weighted by molar-refractivity contribution is 5.92. The van der Waals surface area contributed by atoms with Crippen LogP contribution in [0.25, 0.3) is 0 Å². The second-order valence-electron chi connectivity index (χ2n) is 5.70. The Balaban J connectivity index is 1.85. The summed E-state index contributed by atoms with van der Waals surface area (Å²) in [6.07, 6.45) is 2.01. The van der Waals surface area contributed by atoms with E-state index in [9.17, 15) is 9.18 Å². The summed E-state index contributed by atoms with van der Waals surface area (Å²) in [7, 11) is 0. The summed E-state index contributed by atoms with van der Waals surface area (Å²) in [6.45, 7) is 5.43. The highest BCUT2D eigenvalue weighted by Gasteiger charge is 2.08. The average molecular weight is 316 g/mol. The number of hydrogen-bond donors (Lipinski definition) is 2. The summed E-state index contributed by atoms with van der Waals surface area (Å²) in [6, 6.07) is 7.87. The summed E-state index contributed by atoms with van der Waals surface area (Å²) in [4.78, 5) is 20.2. The standard InChI is InChI=1S/C17H21FN4O/c1-12(2)10-20-16-9-15(21-11-22-16)17(23)19-8-7-13-3-5-14(18)6-4-13/h3-6,9,11-12H,7-8,10H2,1-2H3,(H,19,23)(H,20,21,22). The van der Waals surface area contributed by atoms with Crippen molar-refractivity contribution in [1.29, 1.82) is 0 Å². The molecule has 0 unspecified atom stereocenters. The maximum absolute atomic E-state index is 12.8. The Morgan fingerprint density at radius 1 is 1.22 bits per heavy atom. The molecule has 0 radical (unpaired) electrons. The first-order valence-electron chi connectivity index (χ1n) is 7.63. The predicted octanol–water partition coefficient (Wildman–Crippen LogP) is 2.66. The first-order chi connectivity index (χ1) is 11.0. The van der Waals surface area contributed by atoms with Crippen LogP contribution in [0.15, 0.2) is 36.7 Å². The van der Waals surface area contributed by atoms with Gasteiger partial charge in [0, 0.05) is 19.2 Å². The van der Waals surface area contributed by atoms with Gasteiger partial charge in [0.1, 0.15) is 23.7 Å². The summed E-state index contributed by atoms with van der Waals surface area (Å²) < 4.78 is 12.8. The third-order valence-electron chi connectivity index (χ3n) is 3.20. The van der Waals surface area contributed by atoms with Gasteiger partial charge in [0.2, 0.25) is 0 Å². The lowest BCUT2D eigenvalue weighted by Gasteiger charge is -2.09. The highest BCUT2D eigenvalue weighted by atomic mass is 19.1. The molecule has 1 aromatic carbocycles. The van der Waals surface area contributed by atoms with E-state index in [0.29, 0.717) is 30.4 Å². The first-order valence-corrected chi connectivity index (χ1v) is 7.63.